The molecule has 0 unspecified atom stereocenters. The van der Waals surface area contributed by atoms with Gasteiger partial charge in [0.2, 0.25) is 5.91 Å². The van der Waals surface area contributed by atoms with E-state index in [-0.39, 0.29) is 18.3 Å². The predicted octanol–water partition coefficient (Wildman–Crippen LogP) is 2.35. The first kappa shape index (κ1) is 14.8. The number of anilines is 1. The minimum atomic E-state index is -0.715. The number of hydrogen-bond acceptors (Lipinski definition) is 5. The van der Waals surface area contributed by atoms with Crippen molar-refractivity contribution in [3.05, 3.63) is 58.3 Å². The van der Waals surface area contributed by atoms with Gasteiger partial charge in [-0.2, -0.15) is 4.68 Å². The molecule has 2 heterocycles. The molecule has 0 aliphatic rings. The summed E-state index contributed by atoms with van der Waals surface area (Å²) in [6.07, 6.45) is 1.45. The number of furan rings is 1. The molecule has 3 aromatic rings. The Hall–Kier alpha value is -3.09. The van der Waals surface area contributed by atoms with Crippen LogP contribution in [0.4, 0.5) is 5.69 Å². The predicted molar refractivity (Wildman–Crippen MR) is 83.0 cm³/mol. The van der Waals surface area contributed by atoms with Crippen LogP contribution in [0, 0.1) is 13.8 Å². The summed E-state index contributed by atoms with van der Waals surface area (Å²) in [6, 6.07) is 8.99. The third-order valence-corrected chi connectivity index (χ3v) is 3.38. The second-order valence-electron chi connectivity index (χ2n) is 5.12. The lowest BCUT2D eigenvalue weighted by Gasteiger charge is -2.10. The Balaban J connectivity index is 1.77. The van der Waals surface area contributed by atoms with E-state index in [1.807, 2.05) is 32.0 Å². The molecule has 3 rings (SSSR count). The molecule has 0 aliphatic heterocycles. The number of amides is 1. The highest BCUT2D eigenvalue weighted by Crippen LogP contribution is 2.19. The molecule has 0 saturated heterocycles. The van der Waals surface area contributed by atoms with E-state index >= 15 is 0 Å². The number of nitrogens with one attached hydrogen (secondary N) is 1. The molecule has 1 N–H and O–H groups in total. The van der Waals surface area contributed by atoms with Crippen molar-refractivity contribution in [2.24, 2.45) is 0 Å². The summed E-state index contributed by atoms with van der Waals surface area (Å²) in [5.41, 5.74) is 2.63. The van der Waals surface area contributed by atoms with Crippen LogP contribution >= 0.6 is 0 Å². The van der Waals surface area contributed by atoms with E-state index in [1.54, 1.807) is 12.1 Å². The first-order valence-electron chi connectivity index (χ1n) is 7.02. The van der Waals surface area contributed by atoms with Crippen molar-refractivity contribution in [1.29, 1.82) is 0 Å². The van der Waals surface area contributed by atoms with Crippen molar-refractivity contribution in [2.75, 3.05) is 5.32 Å². The third kappa shape index (κ3) is 3.08. The molecule has 0 radical (unpaired) electrons. The van der Waals surface area contributed by atoms with Crippen LogP contribution in [0.1, 0.15) is 11.1 Å². The summed E-state index contributed by atoms with van der Waals surface area (Å²) < 4.78 is 11.1. The number of rotatable bonds is 4. The highest BCUT2D eigenvalue weighted by molar-refractivity contribution is 5.92. The van der Waals surface area contributed by atoms with Crippen LogP contribution in [0.25, 0.3) is 11.7 Å². The van der Waals surface area contributed by atoms with Gasteiger partial charge < -0.3 is 14.2 Å². The van der Waals surface area contributed by atoms with Gasteiger partial charge in [0.25, 0.3) is 5.89 Å². The van der Waals surface area contributed by atoms with Gasteiger partial charge in [-0.1, -0.05) is 18.2 Å². The van der Waals surface area contributed by atoms with Crippen LogP contribution in [0.3, 0.4) is 0 Å². The second-order valence-corrected chi connectivity index (χ2v) is 5.12. The van der Waals surface area contributed by atoms with E-state index in [2.05, 4.69) is 10.4 Å². The number of para-hydroxylation sites is 1. The SMILES string of the molecule is Cc1cccc(C)c1NC(=O)Cn1nc(-c2ccco2)oc1=O. The van der Waals surface area contributed by atoms with E-state index in [0.717, 1.165) is 21.5 Å². The largest absolute Gasteiger partial charge is 0.459 e. The van der Waals surface area contributed by atoms with Gasteiger partial charge in [0.1, 0.15) is 6.54 Å². The maximum Gasteiger partial charge on any atom is 0.437 e. The monoisotopic (exact) mass is 313 g/mol. The van der Waals surface area contributed by atoms with E-state index in [0.29, 0.717) is 5.76 Å². The van der Waals surface area contributed by atoms with E-state index in [1.165, 1.54) is 6.26 Å². The number of aryl methyl sites for hydroxylation is 2. The lowest BCUT2D eigenvalue weighted by atomic mass is 10.1. The van der Waals surface area contributed by atoms with E-state index < -0.39 is 5.76 Å². The van der Waals surface area contributed by atoms with Crippen molar-refractivity contribution >= 4 is 11.6 Å². The third-order valence-electron chi connectivity index (χ3n) is 3.38. The Morgan fingerprint density at radius 3 is 2.61 bits per heavy atom. The van der Waals surface area contributed by atoms with Crippen LogP contribution in [0.15, 0.2) is 50.2 Å². The van der Waals surface area contributed by atoms with Gasteiger partial charge >= 0.3 is 5.76 Å². The number of carbonyl (C=O) groups is 1. The van der Waals surface area contributed by atoms with Gasteiger partial charge in [-0.15, -0.1) is 5.10 Å². The van der Waals surface area contributed by atoms with E-state index in [9.17, 15) is 9.59 Å². The minimum absolute atomic E-state index is 0.0415. The number of benzene rings is 1. The average Bonchev–Trinajstić information content (AvgIpc) is 3.14. The quantitative estimate of drug-likeness (QED) is 0.798. The molecule has 118 valence electrons. The van der Waals surface area contributed by atoms with Gasteiger partial charge in [0, 0.05) is 5.69 Å². The van der Waals surface area contributed by atoms with Gasteiger partial charge in [-0.25, -0.2) is 4.79 Å². The molecule has 0 atom stereocenters. The Labute approximate surface area is 131 Å². The van der Waals surface area contributed by atoms with Crippen LogP contribution in [-0.4, -0.2) is 15.7 Å². The first-order chi connectivity index (χ1) is 11.0. The summed E-state index contributed by atoms with van der Waals surface area (Å²) in [5, 5.41) is 6.76. The zero-order valence-corrected chi connectivity index (χ0v) is 12.7. The summed E-state index contributed by atoms with van der Waals surface area (Å²) in [7, 11) is 0. The van der Waals surface area contributed by atoms with Gasteiger partial charge in [-0.3, -0.25) is 4.79 Å². The minimum Gasteiger partial charge on any atom is -0.459 e. The first-order valence-corrected chi connectivity index (χ1v) is 7.02. The summed E-state index contributed by atoms with van der Waals surface area (Å²) >= 11 is 0. The van der Waals surface area contributed by atoms with Crippen LogP contribution in [0.2, 0.25) is 0 Å². The fraction of sp³-hybridized carbons (Fsp3) is 0.188. The smallest absolute Gasteiger partial charge is 0.437 e. The van der Waals surface area contributed by atoms with Crippen molar-refractivity contribution in [2.45, 2.75) is 20.4 Å². The Morgan fingerprint density at radius 1 is 1.22 bits per heavy atom. The molecule has 0 aliphatic carbocycles. The number of carbonyl (C=O) groups excluding carboxylic acids is 1. The Morgan fingerprint density at radius 2 is 1.96 bits per heavy atom. The average molecular weight is 313 g/mol. The zero-order chi connectivity index (χ0) is 16.4. The lowest BCUT2D eigenvalue weighted by molar-refractivity contribution is -0.117. The van der Waals surface area contributed by atoms with Gasteiger partial charge in [0.05, 0.1) is 6.26 Å². The van der Waals surface area contributed by atoms with Crippen LogP contribution in [-0.2, 0) is 11.3 Å². The number of nitrogens with zero attached hydrogens (tertiary/aromatic N) is 2. The molecule has 0 saturated carbocycles. The lowest BCUT2D eigenvalue weighted by Crippen LogP contribution is -2.26. The summed E-state index contributed by atoms with van der Waals surface area (Å²) in [6.45, 7) is 3.57. The summed E-state index contributed by atoms with van der Waals surface area (Å²) in [4.78, 5) is 23.9. The molecular formula is C16H15N3O4. The maximum absolute atomic E-state index is 12.2. The zero-order valence-electron chi connectivity index (χ0n) is 12.7. The Bertz CT molecular complexity index is 870. The molecule has 0 bridgehead atoms. The van der Waals surface area contributed by atoms with Crippen molar-refractivity contribution in [3.8, 4) is 11.7 Å². The van der Waals surface area contributed by atoms with Crippen molar-refractivity contribution < 1.29 is 13.6 Å². The van der Waals surface area contributed by atoms with Crippen LogP contribution in [0.5, 0.6) is 0 Å². The molecule has 0 fully saturated rings. The normalized spacial score (nSPS) is 10.7. The van der Waals surface area contributed by atoms with Gasteiger partial charge in [-0.05, 0) is 37.1 Å². The molecule has 1 amide bonds. The van der Waals surface area contributed by atoms with E-state index in [4.69, 9.17) is 8.83 Å². The van der Waals surface area contributed by atoms with Crippen molar-refractivity contribution in [3.63, 3.8) is 0 Å². The molecule has 7 nitrogen and oxygen atoms in total. The standard InChI is InChI=1S/C16H15N3O4/c1-10-5-3-6-11(2)14(10)17-13(20)9-19-16(21)23-15(18-19)12-7-4-8-22-12/h3-8H,9H2,1-2H3,(H,17,20). The maximum atomic E-state index is 12.2. The summed E-state index contributed by atoms with van der Waals surface area (Å²) in [5.74, 6) is -0.701. The Kier molecular flexibility index (Phi) is 3.84. The topological polar surface area (TPSA) is 90.3 Å². The number of aromatic nitrogens is 2. The molecule has 7 heteroatoms. The fourth-order valence-electron chi connectivity index (χ4n) is 2.23. The van der Waals surface area contributed by atoms with Crippen LogP contribution < -0.4 is 11.1 Å². The fourth-order valence-corrected chi connectivity index (χ4v) is 2.23. The molecule has 0 spiro atoms. The molecule has 23 heavy (non-hydrogen) atoms. The molecule has 2 aromatic heterocycles. The second kappa shape index (κ2) is 5.96. The number of hydrogen-bond donors (Lipinski definition) is 1. The molecule has 1 aromatic carbocycles. The molecular weight excluding hydrogens is 298 g/mol. The van der Waals surface area contributed by atoms with Crippen molar-refractivity contribution in [1.82, 2.24) is 9.78 Å². The van der Waals surface area contributed by atoms with Gasteiger partial charge in [0.15, 0.2) is 5.76 Å². The highest BCUT2D eigenvalue weighted by Gasteiger charge is 2.15. The highest BCUT2D eigenvalue weighted by atomic mass is 16.4.